The van der Waals surface area contributed by atoms with Crippen LogP contribution >= 0.6 is 0 Å². The van der Waals surface area contributed by atoms with Gasteiger partial charge in [-0.25, -0.2) is 14.4 Å². The lowest BCUT2D eigenvalue weighted by Crippen LogP contribution is -1.92. The van der Waals surface area contributed by atoms with Crippen LogP contribution in [0.5, 0.6) is 0 Å². The fourth-order valence-corrected chi connectivity index (χ4v) is 0.143. The minimum atomic E-state index is -1.26. The molecule has 0 aromatic carbocycles. The van der Waals surface area contributed by atoms with Crippen molar-refractivity contribution in [3.8, 4) is 0 Å². The van der Waals surface area contributed by atoms with Gasteiger partial charge in [0.05, 0.1) is 0 Å². The molecule has 78 valence electrons. The number of hydrogen-bond donors (Lipinski definition) is 3. The lowest BCUT2D eigenvalue weighted by atomic mass is 10.4. The van der Waals surface area contributed by atoms with Crippen molar-refractivity contribution in [3.05, 3.63) is 24.3 Å². The van der Waals surface area contributed by atoms with E-state index in [9.17, 15) is 14.4 Å². The van der Waals surface area contributed by atoms with Crippen molar-refractivity contribution in [2.75, 3.05) is 0 Å². The zero-order valence-corrected chi connectivity index (χ0v) is 7.43. The van der Waals surface area contributed by atoms with Crippen molar-refractivity contribution < 1.29 is 29.7 Å². The van der Waals surface area contributed by atoms with Crippen LogP contribution in [0.4, 0.5) is 0 Å². The number of rotatable bonds is 3. The first-order valence-corrected chi connectivity index (χ1v) is 3.30. The van der Waals surface area contributed by atoms with E-state index in [4.69, 9.17) is 15.3 Å². The van der Waals surface area contributed by atoms with Gasteiger partial charge in [0.2, 0.25) is 0 Å². The van der Waals surface area contributed by atoms with E-state index in [0.717, 1.165) is 0 Å². The average molecular weight is 202 g/mol. The Bertz CT molecular complexity index is 248. The van der Waals surface area contributed by atoms with Gasteiger partial charge in [0.1, 0.15) is 0 Å². The molecule has 0 rings (SSSR count). The smallest absolute Gasteiger partial charge is 0.330 e. The summed E-state index contributed by atoms with van der Waals surface area (Å²) in [5.41, 5.74) is 0.176. The highest BCUT2D eigenvalue weighted by Crippen LogP contribution is 1.81. The molecule has 6 heteroatoms. The fraction of sp³-hybridized carbons (Fsp3) is 0.125. The maximum Gasteiger partial charge on any atom is 0.330 e. The SMILES string of the molecule is C=C(C)C(=O)O.O=C(O)/C=C/C(=O)O. The topological polar surface area (TPSA) is 112 Å². The van der Waals surface area contributed by atoms with Crippen LogP contribution in [0.3, 0.4) is 0 Å². The molecule has 0 saturated carbocycles. The molecular formula is C8H10O6. The van der Waals surface area contributed by atoms with E-state index in [0.29, 0.717) is 12.2 Å². The second kappa shape index (κ2) is 7.53. The second-order valence-corrected chi connectivity index (χ2v) is 2.10. The van der Waals surface area contributed by atoms with E-state index in [1.54, 1.807) is 0 Å². The normalized spacial score (nSPS) is 8.64. The van der Waals surface area contributed by atoms with Crippen molar-refractivity contribution >= 4 is 17.9 Å². The highest BCUT2D eigenvalue weighted by molar-refractivity contribution is 5.89. The maximum atomic E-state index is 9.60. The molecule has 0 heterocycles. The van der Waals surface area contributed by atoms with Crippen molar-refractivity contribution in [2.45, 2.75) is 6.92 Å². The van der Waals surface area contributed by atoms with Crippen molar-refractivity contribution in [1.82, 2.24) is 0 Å². The molecule has 0 unspecified atom stereocenters. The third-order valence-corrected chi connectivity index (χ3v) is 0.734. The second-order valence-electron chi connectivity index (χ2n) is 2.10. The minimum Gasteiger partial charge on any atom is -0.478 e. The molecule has 0 aromatic heterocycles. The molecule has 0 aromatic rings. The predicted octanol–water partition coefficient (Wildman–Crippen LogP) is 0.359. The number of hydrogen-bond acceptors (Lipinski definition) is 3. The van der Waals surface area contributed by atoms with Gasteiger partial charge in [-0.1, -0.05) is 6.58 Å². The van der Waals surface area contributed by atoms with Gasteiger partial charge in [0.15, 0.2) is 0 Å². The van der Waals surface area contributed by atoms with Crippen LogP contribution in [0, 0.1) is 0 Å². The third kappa shape index (κ3) is 16.5. The van der Waals surface area contributed by atoms with E-state index in [1.807, 2.05) is 0 Å². The van der Waals surface area contributed by atoms with Gasteiger partial charge in [-0.2, -0.15) is 0 Å². The number of aliphatic carboxylic acids is 3. The predicted molar refractivity (Wildman–Crippen MR) is 46.9 cm³/mol. The maximum absolute atomic E-state index is 9.60. The van der Waals surface area contributed by atoms with E-state index < -0.39 is 17.9 Å². The van der Waals surface area contributed by atoms with Crippen LogP contribution < -0.4 is 0 Å². The molecule has 0 amide bonds. The Morgan fingerprint density at radius 3 is 1.29 bits per heavy atom. The Morgan fingerprint density at radius 1 is 1.00 bits per heavy atom. The van der Waals surface area contributed by atoms with Gasteiger partial charge in [-0.3, -0.25) is 0 Å². The first-order chi connectivity index (χ1) is 6.27. The summed E-state index contributed by atoms with van der Waals surface area (Å²) < 4.78 is 0. The summed E-state index contributed by atoms with van der Waals surface area (Å²) in [5, 5.41) is 23.5. The fourth-order valence-electron chi connectivity index (χ4n) is 0.143. The van der Waals surface area contributed by atoms with E-state index in [1.165, 1.54) is 6.92 Å². The molecule has 0 fully saturated rings. The number of carboxylic acid groups (broad SMARTS) is 3. The van der Waals surface area contributed by atoms with Crippen molar-refractivity contribution in [3.63, 3.8) is 0 Å². The third-order valence-electron chi connectivity index (χ3n) is 0.734. The van der Waals surface area contributed by atoms with Crippen LogP contribution in [0.15, 0.2) is 24.3 Å². The molecule has 6 nitrogen and oxygen atoms in total. The van der Waals surface area contributed by atoms with Crippen LogP contribution in [-0.2, 0) is 14.4 Å². The summed E-state index contributed by atoms with van der Waals surface area (Å²) in [4.78, 5) is 28.7. The van der Waals surface area contributed by atoms with Crippen molar-refractivity contribution in [2.24, 2.45) is 0 Å². The Hall–Kier alpha value is -2.11. The molecule has 0 bridgehead atoms. The zero-order valence-electron chi connectivity index (χ0n) is 7.43. The van der Waals surface area contributed by atoms with Crippen LogP contribution in [-0.4, -0.2) is 33.2 Å². The van der Waals surface area contributed by atoms with Crippen LogP contribution in [0.2, 0.25) is 0 Å². The Balaban J connectivity index is 0. The zero-order chi connectivity index (χ0) is 11.7. The Morgan fingerprint density at radius 2 is 1.21 bits per heavy atom. The Kier molecular flexibility index (Phi) is 7.76. The monoisotopic (exact) mass is 202 g/mol. The standard InChI is InChI=1S/C4H4O4.C4H6O2/c5-3(6)1-2-4(7)8;1-3(2)4(5)6/h1-2H,(H,5,6)(H,7,8);1H2,2H3,(H,5,6)/b2-1+;. The summed E-state index contributed by atoms with van der Waals surface area (Å²) in [6, 6.07) is 0. The average Bonchev–Trinajstić information content (AvgIpc) is 2.01. The molecular weight excluding hydrogens is 192 g/mol. The largest absolute Gasteiger partial charge is 0.478 e. The molecule has 0 aliphatic carbocycles. The molecule has 0 radical (unpaired) electrons. The van der Waals surface area contributed by atoms with E-state index in [2.05, 4.69) is 6.58 Å². The summed E-state index contributed by atoms with van der Waals surface area (Å²) in [6.45, 7) is 4.60. The number of carbonyl (C=O) groups is 3. The lowest BCUT2D eigenvalue weighted by Gasteiger charge is -1.79. The Labute approximate surface area is 79.8 Å². The lowest BCUT2D eigenvalue weighted by molar-refractivity contribution is -0.134. The van der Waals surface area contributed by atoms with Gasteiger partial charge in [0.25, 0.3) is 0 Å². The minimum absolute atomic E-state index is 0.176. The highest BCUT2D eigenvalue weighted by atomic mass is 16.4. The summed E-state index contributed by atoms with van der Waals surface area (Å²) >= 11 is 0. The first-order valence-electron chi connectivity index (χ1n) is 3.30. The number of carboxylic acids is 3. The summed E-state index contributed by atoms with van der Waals surface area (Å²) in [5.74, 6) is -3.45. The van der Waals surface area contributed by atoms with Gasteiger partial charge >= 0.3 is 17.9 Å². The molecule has 0 aliphatic rings. The summed E-state index contributed by atoms with van der Waals surface area (Å²) in [6.07, 6.45) is 1.12. The highest BCUT2D eigenvalue weighted by Gasteiger charge is 1.90. The molecule has 0 atom stereocenters. The van der Waals surface area contributed by atoms with Crippen LogP contribution in [0.25, 0.3) is 0 Å². The first kappa shape index (κ1) is 14.4. The van der Waals surface area contributed by atoms with Gasteiger partial charge in [0, 0.05) is 17.7 Å². The van der Waals surface area contributed by atoms with E-state index >= 15 is 0 Å². The summed E-state index contributed by atoms with van der Waals surface area (Å²) in [7, 11) is 0. The van der Waals surface area contributed by atoms with Gasteiger partial charge in [-0.15, -0.1) is 0 Å². The molecule has 0 aliphatic heterocycles. The molecule has 3 N–H and O–H groups in total. The van der Waals surface area contributed by atoms with E-state index in [-0.39, 0.29) is 5.57 Å². The van der Waals surface area contributed by atoms with Crippen LogP contribution in [0.1, 0.15) is 6.92 Å². The quantitative estimate of drug-likeness (QED) is 0.569. The van der Waals surface area contributed by atoms with Gasteiger partial charge in [-0.05, 0) is 6.92 Å². The van der Waals surface area contributed by atoms with Crippen molar-refractivity contribution in [1.29, 1.82) is 0 Å². The van der Waals surface area contributed by atoms with Gasteiger partial charge < -0.3 is 15.3 Å². The molecule has 0 spiro atoms. The molecule has 0 saturated heterocycles. The molecule has 14 heavy (non-hydrogen) atoms.